The van der Waals surface area contributed by atoms with Crippen molar-refractivity contribution in [3.8, 4) is 28.3 Å². The van der Waals surface area contributed by atoms with Crippen LogP contribution in [0.5, 0.6) is 5.88 Å². The molecule has 0 saturated carbocycles. The molecule has 2 aromatic heterocycles. The molecule has 5 heteroatoms. The van der Waals surface area contributed by atoms with Gasteiger partial charge < -0.3 is 9.64 Å². The largest absolute Gasteiger partial charge is 0.474 e. The number of ether oxygens (including phenoxy) is 1. The number of fused-ring (bicyclic) bond motifs is 2. The number of anilines is 1. The molecule has 4 nitrogen and oxygen atoms in total. The van der Waals surface area contributed by atoms with Crippen molar-refractivity contribution in [2.45, 2.75) is 6.92 Å². The van der Waals surface area contributed by atoms with Crippen LogP contribution in [0.25, 0.3) is 33.3 Å². The average molecular weight is 385 g/mol. The highest BCUT2D eigenvalue weighted by Gasteiger charge is 2.22. The van der Waals surface area contributed by atoms with E-state index in [2.05, 4.69) is 34.1 Å². The second-order valence-corrected chi connectivity index (χ2v) is 7.35. The van der Waals surface area contributed by atoms with Crippen molar-refractivity contribution >= 4 is 16.6 Å². The highest BCUT2D eigenvalue weighted by Crippen LogP contribution is 2.40. The molecule has 29 heavy (non-hydrogen) atoms. The molecule has 0 aliphatic carbocycles. The van der Waals surface area contributed by atoms with E-state index in [4.69, 9.17) is 9.72 Å². The van der Waals surface area contributed by atoms with Crippen LogP contribution in [-0.4, -0.2) is 30.2 Å². The molecule has 0 unspecified atom stereocenters. The fourth-order valence-corrected chi connectivity index (χ4v) is 3.74. The molecule has 0 saturated heterocycles. The first-order chi connectivity index (χ1) is 14.1. The number of hydrogen-bond acceptors (Lipinski definition) is 4. The van der Waals surface area contributed by atoms with Crippen molar-refractivity contribution < 1.29 is 9.13 Å². The summed E-state index contributed by atoms with van der Waals surface area (Å²) < 4.78 is 19.7. The summed E-state index contributed by atoms with van der Waals surface area (Å²) >= 11 is 0. The first kappa shape index (κ1) is 17.6. The summed E-state index contributed by atoms with van der Waals surface area (Å²) in [5, 5.41) is 1.06. The van der Waals surface area contributed by atoms with E-state index >= 15 is 0 Å². The topological polar surface area (TPSA) is 38.2 Å². The summed E-state index contributed by atoms with van der Waals surface area (Å²) in [6.45, 7) is 3.17. The maximum absolute atomic E-state index is 13.9. The van der Waals surface area contributed by atoms with Gasteiger partial charge in [0.25, 0.3) is 0 Å². The molecule has 1 aliphatic rings. The number of pyridine rings is 2. The van der Waals surface area contributed by atoms with E-state index in [0.717, 1.165) is 45.5 Å². The first-order valence-corrected chi connectivity index (χ1v) is 9.61. The molecule has 4 aromatic rings. The summed E-state index contributed by atoms with van der Waals surface area (Å²) in [6.07, 6.45) is 1.79. The van der Waals surface area contributed by atoms with Crippen molar-refractivity contribution in [3.63, 3.8) is 0 Å². The van der Waals surface area contributed by atoms with Crippen molar-refractivity contribution in [3.05, 3.63) is 72.2 Å². The van der Waals surface area contributed by atoms with Crippen LogP contribution in [0.15, 0.2) is 60.8 Å². The zero-order chi connectivity index (χ0) is 20.0. The van der Waals surface area contributed by atoms with Crippen LogP contribution < -0.4 is 9.64 Å². The van der Waals surface area contributed by atoms with Gasteiger partial charge in [-0.15, -0.1) is 0 Å². The third-order valence-corrected chi connectivity index (χ3v) is 5.39. The van der Waals surface area contributed by atoms with Crippen LogP contribution in [-0.2, 0) is 0 Å². The van der Waals surface area contributed by atoms with Crippen molar-refractivity contribution in [2.75, 3.05) is 25.1 Å². The Labute approximate surface area is 168 Å². The number of halogens is 1. The Balaban J connectivity index is 1.77. The standard InChI is InChI=1S/C24H20FN3O/c1-15-12-18(5-7-20(15)25)23-19(14-22-24(27-23)29-11-10-28(22)2)16-6-8-21-17(13-16)4-3-9-26-21/h3-9,12-14H,10-11H2,1-2H3. The molecular formula is C24H20FN3O. The van der Waals surface area contributed by atoms with Gasteiger partial charge in [-0.25, -0.2) is 9.37 Å². The van der Waals surface area contributed by atoms with Gasteiger partial charge in [0, 0.05) is 29.8 Å². The van der Waals surface area contributed by atoms with Gasteiger partial charge in [0.15, 0.2) is 0 Å². The molecule has 0 bridgehead atoms. The summed E-state index contributed by atoms with van der Waals surface area (Å²) in [5.74, 6) is 0.392. The molecule has 0 N–H and O–H groups in total. The van der Waals surface area contributed by atoms with Crippen molar-refractivity contribution in [1.82, 2.24) is 9.97 Å². The fourth-order valence-electron chi connectivity index (χ4n) is 3.74. The minimum Gasteiger partial charge on any atom is -0.474 e. The number of benzene rings is 2. The summed E-state index contributed by atoms with van der Waals surface area (Å²) in [7, 11) is 2.04. The maximum atomic E-state index is 13.9. The highest BCUT2D eigenvalue weighted by atomic mass is 19.1. The molecule has 0 radical (unpaired) electrons. The number of rotatable bonds is 2. The number of likely N-dealkylation sites (N-methyl/N-ethyl adjacent to an activating group) is 1. The van der Waals surface area contributed by atoms with E-state index in [0.29, 0.717) is 18.1 Å². The van der Waals surface area contributed by atoms with Gasteiger partial charge >= 0.3 is 0 Å². The predicted molar refractivity (Wildman–Crippen MR) is 114 cm³/mol. The Hall–Kier alpha value is -3.47. The van der Waals surface area contributed by atoms with Gasteiger partial charge in [-0.05, 0) is 60.5 Å². The Bertz CT molecular complexity index is 1240. The monoisotopic (exact) mass is 385 g/mol. The molecule has 144 valence electrons. The fraction of sp³-hybridized carbons (Fsp3) is 0.167. The zero-order valence-corrected chi connectivity index (χ0v) is 16.3. The quantitative estimate of drug-likeness (QED) is 0.473. The Morgan fingerprint density at radius 2 is 1.90 bits per heavy atom. The van der Waals surface area contributed by atoms with Crippen molar-refractivity contribution in [1.29, 1.82) is 0 Å². The second kappa shape index (κ2) is 6.85. The second-order valence-electron chi connectivity index (χ2n) is 7.35. The van der Waals surface area contributed by atoms with E-state index < -0.39 is 0 Å². The third kappa shape index (κ3) is 3.09. The van der Waals surface area contributed by atoms with Crippen LogP contribution in [0.3, 0.4) is 0 Å². The molecule has 0 spiro atoms. The number of nitrogens with zero attached hydrogens (tertiary/aromatic N) is 3. The van der Waals surface area contributed by atoms with Crippen LogP contribution >= 0.6 is 0 Å². The molecule has 2 aromatic carbocycles. The first-order valence-electron chi connectivity index (χ1n) is 9.61. The van der Waals surface area contributed by atoms with Gasteiger partial charge in [0.05, 0.1) is 17.8 Å². The number of hydrogen-bond donors (Lipinski definition) is 0. The molecule has 1 aliphatic heterocycles. The smallest absolute Gasteiger partial charge is 0.238 e. The minimum absolute atomic E-state index is 0.221. The average Bonchev–Trinajstić information content (AvgIpc) is 2.75. The summed E-state index contributed by atoms with van der Waals surface area (Å²) in [4.78, 5) is 11.4. The lowest BCUT2D eigenvalue weighted by Gasteiger charge is -2.28. The van der Waals surface area contributed by atoms with Crippen LogP contribution in [0, 0.1) is 12.7 Å². The van der Waals surface area contributed by atoms with E-state index in [-0.39, 0.29) is 5.82 Å². The molecule has 0 amide bonds. The summed E-state index contributed by atoms with van der Waals surface area (Å²) in [6, 6.07) is 17.4. The molecule has 5 rings (SSSR count). The van der Waals surface area contributed by atoms with E-state index in [9.17, 15) is 4.39 Å². The van der Waals surface area contributed by atoms with Crippen LogP contribution in [0.2, 0.25) is 0 Å². The number of aromatic nitrogens is 2. The van der Waals surface area contributed by atoms with Crippen LogP contribution in [0.4, 0.5) is 10.1 Å². The predicted octanol–water partition coefficient (Wildman–Crippen LogP) is 5.24. The Morgan fingerprint density at radius 3 is 2.76 bits per heavy atom. The van der Waals surface area contributed by atoms with Crippen molar-refractivity contribution in [2.24, 2.45) is 0 Å². The van der Waals surface area contributed by atoms with Gasteiger partial charge in [-0.3, -0.25) is 4.98 Å². The Morgan fingerprint density at radius 1 is 1.03 bits per heavy atom. The van der Waals surface area contributed by atoms with E-state index in [1.165, 1.54) is 6.07 Å². The normalized spacial score (nSPS) is 13.3. The van der Waals surface area contributed by atoms with E-state index in [1.807, 2.05) is 25.2 Å². The van der Waals surface area contributed by atoms with Gasteiger partial charge in [-0.2, -0.15) is 0 Å². The minimum atomic E-state index is -0.221. The molecule has 0 atom stereocenters. The lowest BCUT2D eigenvalue weighted by molar-refractivity contribution is 0.299. The third-order valence-electron chi connectivity index (χ3n) is 5.39. The van der Waals surface area contributed by atoms with Gasteiger partial charge in [-0.1, -0.05) is 12.1 Å². The SMILES string of the molecule is Cc1cc(-c2nc3c(cc2-c2ccc4ncccc4c2)N(C)CCO3)ccc1F. The lowest BCUT2D eigenvalue weighted by atomic mass is 9.96. The lowest BCUT2D eigenvalue weighted by Crippen LogP contribution is -2.29. The van der Waals surface area contributed by atoms with Gasteiger partial charge in [0.1, 0.15) is 18.1 Å². The zero-order valence-electron chi connectivity index (χ0n) is 16.3. The van der Waals surface area contributed by atoms with Gasteiger partial charge in [0.2, 0.25) is 5.88 Å². The molecule has 3 heterocycles. The Kier molecular flexibility index (Phi) is 4.16. The highest BCUT2D eigenvalue weighted by molar-refractivity contribution is 5.90. The van der Waals surface area contributed by atoms with Crippen LogP contribution in [0.1, 0.15) is 5.56 Å². The maximum Gasteiger partial charge on any atom is 0.238 e. The number of aryl methyl sites for hydroxylation is 1. The molecular weight excluding hydrogens is 365 g/mol. The summed E-state index contributed by atoms with van der Waals surface area (Å²) in [5.41, 5.74) is 6.17. The van der Waals surface area contributed by atoms with E-state index in [1.54, 1.807) is 19.2 Å². The molecule has 0 fully saturated rings.